The fourth-order valence-electron chi connectivity index (χ4n) is 1.23. The first-order chi connectivity index (χ1) is 6.79. The van der Waals surface area contributed by atoms with Crippen LogP contribution >= 0.6 is 0 Å². The standard InChI is InChI=1S/C10H7NO3/c12-10(13)9-11(6-7-14-9)8-4-2-1-3-5-8/h1-7H/p+1. The van der Waals surface area contributed by atoms with E-state index >= 15 is 0 Å². The lowest BCUT2D eigenvalue weighted by atomic mass is 10.3. The third-order valence-electron chi connectivity index (χ3n) is 1.83. The summed E-state index contributed by atoms with van der Waals surface area (Å²) in [7, 11) is 0. The molecular weight excluding hydrogens is 182 g/mol. The highest BCUT2D eigenvalue weighted by atomic mass is 16.4. The Kier molecular flexibility index (Phi) is 2.02. The lowest BCUT2D eigenvalue weighted by Gasteiger charge is -1.90. The Morgan fingerprint density at radius 2 is 2.00 bits per heavy atom. The Morgan fingerprint density at radius 1 is 1.29 bits per heavy atom. The molecule has 0 saturated carbocycles. The van der Waals surface area contributed by atoms with E-state index in [1.165, 1.54) is 10.8 Å². The van der Waals surface area contributed by atoms with Gasteiger partial charge in [-0.1, -0.05) is 18.2 Å². The van der Waals surface area contributed by atoms with Crippen molar-refractivity contribution in [3.05, 3.63) is 48.7 Å². The molecule has 0 spiro atoms. The van der Waals surface area contributed by atoms with Crippen molar-refractivity contribution >= 4 is 5.97 Å². The van der Waals surface area contributed by atoms with Crippen LogP contribution in [0, 0.1) is 0 Å². The molecule has 0 atom stereocenters. The van der Waals surface area contributed by atoms with Crippen molar-refractivity contribution in [1.82, 2.24) is 0 Å². The van der Waals surface area contributed by atoms with E-state index in [0.717, 1.165) is 5.69 Å². The molecule has 4 heteroatoms. The normalized spacial score (nSPS) is 10.0. The minimum absolute atomic E-state index is 0.101. The van der Waals surface area contributed by atoms with Crippen molar-refractivity contribution in [2.24, 2.45) is 0 Å². The van der Waals surface area contributed by atoms with Crippen LogP contribution in [0.4, 0.5) is 0 Å². The molecule has 4 nitrogen and oxygen atoms in total. The molecule has 0 fully saturated rings. The smallest absolute Gasteiger partial charge is 0.466 e. The molecule has 0 bridgehead atoms. The first kappa shape index (κ1) is 8.50. The largest absolute Gasteiger partial charge is 0.471 e. The van der Waals surface area contributed by atoms with Crippen molar-refractivity contribution in [2.75, 3.05) is 0 Å². The van der Waals surface area contributed by atoms with Crippen LogP contribution in [0.5, 0.6) is 0 Å². The Bertz CT molecular complexity index is 447. The fraction of sp³-hybridized carbons (Fsp3) is 0. The van der Waals surface area contributed by atoms with Crippen molar-refractivity contribution < 1.29 is 18.9 Å². The van der Waals surface area contributed by atoms with Gasteiger partial charge in [-0.05, 0) is 0 Å². The first-order valence-corrected chi connectivity index (χ1v) is 4.07. The number of carbonyl (C=O) groups is 1. The predicted molar refractivity (Wildman–Crippen MR) is 47.2 cm³/mol. The summed E-state index contributed by atoms with van der Waals surface area (Å²) in [4.78, 5) is 10.7. The number of carboxylic acids is 1. The van der Waals surface area contributed by atoms with Gasteiger partial charge in [-0.3, -0.25) is 0 Å². The van der Waals surface area contributed by atoms with E-state index in [9.17, 15) is 4.79 Å². The number of nitrogens with zero attached hydrogens (tertiary/aromatic N) is 1. The van der Waals surface area contributed by atoms with Gasteiger partial charge >= 0.3 is 11.9 Å². The van der Waals surface area contributed by atoms with Gasteiger partial charge in [-0.15, -0.1) is 4.57 Å². The molecule has 2 aromatic rings. The van der Waals surface area contributed by atoms with Gasteiger partial charge in [-0.25, -0.2) is 4.79 Å². The highest BCUT2D eigenvalue weighted by molar-refractivity contribution is 5.80. The van der Waals surface area contributed by atoms with E-state index in [1.807, 2.05) is 30.3 Å². The van der Waals surface area contributed by atoms with E-state index in [1.54, 1.807) is 6.20 Å². The molecule has 0 amide bonds. The summed E-state index contributed by atoms with van der Waals surface area (Å²) < 4.78 is 6.32. The molecule has 1 aromatic carbocycles. The Balaban J connectivity index is 2.52. The molecule has 2 rings (SSSR count). The number of carboxylic acid groups (broad SMARTS) is 1. The third-order valence-corrected chi connectivity index (χ3v) is 1.83. The van der Waals surface area contributed by atoms with E-state index in [-0.39, 0.29) is 5.89 Å². The quantitative estimate of drug-likeness (QED) is 0.725. The number of para-hydroxylation sites is 1. The van der Waals surface area contributed by atoms with Crippen LogP contribution < -0.4 is 4.57 Å². The summed E-state index contributed by atoms with van der Waals surface area (Å²) in [5.74, 6) is -1.19. The highest BCUT2D eigenvalue weighted by Gasteiger charge is 2.24. The molecule has 14 heavy (non-hydrogen) atoms. The number of oxazole rings is 1. The van der Waals surface area contributed by atoms with Gasteiger partial charge < -0.3 is 9.52 Å². The van der Waals surface area contributed by atoms with Gasteiger partial charge in [0.25, 0.3) is 0 Å². The molecule has 1 N–H and O–H groups in total. The molecule has 0 aliphatic heterocycles. The summed E-state index contributed by atoms with van der Waals surface area (Å²) in [6.07, 6.45) is 2.91. The maximum Gasteiger partial charge on any atom is 0.466 e. The second-order valence-corrected chi connectivity index (χ2v) is 2.72. The number of benzene rings is 1. The number of hydrogen-bond acceptors (Lipinski definition) is 2. The lowest BCUT2D eigenvalue weighted by Crippen LogP contribution is -2.34. The fourth-order valence-corrected chi connectivity index (χ4v) is 1.23. The lowest BCUT2D eigenvalue weighted by molar-refractivity contribution is -0.602. The molecule has 0 aliphatic rings. The van der Waals surface area contributed by atoms with E-state index < -0.39 is 5.97 Å². The summed E-state index contributed by atoms with van der Waals surface area (Å²) in [6, 6.07) is 9.15. The maximum atomic E-state index is 10.7. The second-order valence-electron chi connectivity index (χ2n) is 2.72. The molecule has 0 aliphatic carbocycles. The first-order valence-electron chi connectivity index (χ1n) is 4.07. The van der Waals surface area contributed by atoms with Gasteiger partial charge in [0, 0.05) is 12.1 Å². The topological polar surface area (TPSA) is 54.3 Å². The molecule has 0 unspecified atom stereocenters. The number of aromatic nitrogens is 1. The van der Waals surface area contributed by atoms with Crippen LogP contribution in [0.15, 0.2) is 47.2 Å². The summed E-state index contributed by atoms with van der Waals surface area (Å²) in [6.45, 7) is 0. The number of hydrogen-bond donors (Lipinski definition) is 1. The van der Waals surface area contributed by atoms with Crippen LogP contribution in [-0.2, 0) is 0 Å². The Morgan fingerprint density at radius 3 is 2.64 bits per heavy atom. The molecule has 70 valence electrons. The molecule has 0 radical (unpaired) electrons. The molecular formula is C10H8NO3+. The minimum atomic E-state index is -1.08. The van der Waals surface area contributed by atoms with Crippen molar-refractivity contribution in [1.29, 1.82) is 0 Å². The maximum absolute atomic E-state index is 10.7. The van der Waals surface area contributed by atoms with Crippen LogP contribution in [0.3, 0.4) is 0 Å². The third kappa shape index (κ3) is 1.37. The highest BCUT2D eigenvalue weighted by Crippen LogP contribution is 2.01. The zero-order valence-corrected chi connectivity index (χ0v) is 7.25. The number of rotatable bonds is 2. The van der Waals surface area contributed by atoms with E-state index in [0.29, 0.717) is 0 Å². The molecule has 0 saturated heterocycles. The second kappa shape index (κ2) is 3.33. The summed E-state index contributed by atoms with van der Waals surface area (Å²) in [5, 5.41) is 8.80. The van der Waals surface area contributed by atoms with Crippen LogP contribution in [0.1, 0.15) is 10.7 Å². The van der Waals surface area contributed by atoms with Gasteiger partial charge in [0.2, 0.25) is 11.9 Å². The van der Waals surface area contributed by atoms with Crippen molar-refractivity contribution in [2.45, 2.75) is 0 Å². The average molecular weight is 190 g/mol. The van der Waals surface area contributed by atoms with E-state index in [4.69, 9.17) is 9.52 Å². The SMILES string of the molecule is O=C(O)c1occ[n+]1-c1ccccc1. The molecule has 1 aromatic heterocycles. The van der Waals surface area contributed by atoms with Crippen molar-refractivity contribution in [3.63, 3.8) is 0 Å². The Hall–Kier alpha value is -2.10. The average Bonchev–Trinajstić information content (AvgIpc) is 2.67. The zero-order chi connectivity index (χ0) is 9.97. The van der Waals surface area contributed by atoms with Gasteiger partial charge in [0.15, 0.2) is 6.26 Å². The summed E-state index contributed by atoms with van der Waals surface area (Å²) >= 11 is 0. The minimum Gasteiger partial charge on any atom is -0.471 e. The van der Waals surface area contributed by atoms with Crippen LogP contribution in [-0.4, -0.2) is 11.1 Å². The van der Waals surface area contributed by atoms with Crippen LogP contribution in [0.2, 0.25) is 0 Å². The zero-order valence-electron chi connectivity index (χ0n) is 7.25. The van der Waals surface area contributed by atoms with Crippen molar-refractivity contribution in [3.8, 4) is 5.69 Å². The van der Waals surface area contributed by atoms with E-state index in [2.05, 4.69) is 0 Å². The predicted octanol–water partition coefficient (Wildman–Crippen LogP) is 1.25. The van der Waals surface area contributed by atoms with Crippen LogP contribution in [0.25, 0.3) is 5.69 Å². The Labute approximate surface area is 80.0 Å². The van der Waals surface area contributed by atoms with Gasteiger partial charge in [-0.2, -0.15) is 0 Å². The van der Waals surface area contributed by atoms with Gasteiger partial charge in [0.05, 0.1) is 0 Å². The van der Waals surface area contributed by atoms with Gasteiger partial charge in [0.1, 0.15) is 0 Å². The number of aromatic carboxylic acids is 1. The molecule has 1 heterocycles. The summed E-state index contributed by atoms with van der Waals surface area (Å²) in [5.41, 5.74) is 0.763. The monoisotopic (exact) mass is 190 g/mol.